The Bertz CT molecular complexity index is 935. The molecule has 1 aliphatic heterocycles. The molecule has 3 rings (SSSR count). The topological polar surface area (TPSA) is 80.3 Å². The Balaban J connectivity index is 1.95. The van der Waals surface area contributed by atoms with E-state index >= 15 is 0 Å². The van der Waals surface area contributed by atoms with E-state index in [4.69, 9.17) is 0 Å². The van der Waals surface area contributed by atoms with Crippen LogP contribution in [0.5, 0.6) is 0 Å². The van der Waals surface area contributed by atoms with Gasteiger partial charge in [-0.25, -0.2) is 21.6 Å². The van der Waals surface area contributed by atoms with Crippen LogP contribution in [0.3, 0.4) is 0 Å². The second-order valence-corrected chi connectivity index (χ2v) is 9.88. The van der Waals surface area contributed by atoms with Crippen LogP contribution in [0, 0.1) is 0 Å². The molecule has 0 bridgehead atoms. The lowest BCUT2D eigenvalue weighted by atomic mass is 10.0. The van der Waals surface area contributed by atoms with Crippen LogP contribution in [-0.4, -0.2) is 33.9 Å². The number of fused-ring (bicyclic) bond motifs is 1. The SMILES string of the molecule is CC1(NS(=O)(=O)c2ccc3ccccc3c2)CCS(=O)(=O)C1. The first-order valence-corrected chi connectivity index (χ1v) is 10.2. The molecule has 0 aromatic heterocycles. The van der Waals surface area contributed by atoms with E-state index in [1.165, 1.54) is 6.07 Å². The highest BCUT2D eigenvalue weighted by Crippen LogP contribution is 2.26. The first-order valence-electron chi connectivity index (χ1n) is 6.92. The Labute approximate surface area is 130 Å². The Morgan fingerprint density at radius 3 is 2.41 bits per heavy atom. The lowest BCUT2D eigenvalue weighted by Crippen LogP contribution is -2.46. The summed E-state index contributed by atoms with van der Waals surface area (Å²) in [6, 6.07) is 12.4. The molecule has 0 aliphatic carbocycles. The van der Waals surface area contributed by atoms with Gasteiger partial charge in [0.1, 0.15) is 0 Å². The molecule has 2 aromatic carbocycles. The summed E-state index contributed by atoms with van der Waals surface area (Å²) in [5.41, 5.74) is -0.941. The van der Waals surface area contributed by atoms with E-state index in [0.29, 0.717) is 6.42 Å². The van der Waals surface area contributed by atoms with Gasteiger partial charge in [0.25, 0.3) is 0 Å². The van der Waals surface area contributed by atoms with Crippen molar-refractivity contribution in [2.75, 3.05) is 11.5 Å². The van der Waals surface area contributed by atoms with Gasteiger partial charge >= 0.3 is 0 Å². The number of hydrogen-bond donors (Lipinski definition) is 1. The Hall–Kier alpha value is -1.44. The molecule has 0 spiro atoms. The summed E-state index contributed by atoms with van der Waals surface area (Å²) in [6.07, 6.45) is 0.294. The third-order valence-corrected chi connectivity index (χ3v) is 7.45. The molecule has 2 aromatic rings. The zero-order valence-electron chi connectivity index (χ0n) is 12.1. The molecule has 1 atom stereocenters. The molecule has 0 amide bonds. The lowest BCUT2D eigenvalue weighted by molar-refractivity contribution is 0.462. The summed E-state index contributed by atoms with van der Waals surface area (Å²) >= 11 is 0. The quantitative estimate of drug-likeness (QED) is 0.923. The summed E-state index contributed by atoms with van der Waals surface area (Å²) in [5.74, 6) is -0.142. The maximum absolute atomic E-state index is 12.5. The maximum Gasteiger partial charge on any atom is 0.241 e. The van der Waals surface area contributed by atoms with Crippen LogP contribution in [0.15, 0.2) is 47.4 Å². The predicted octanol–water partition coefficient (Wildman–Crippen LogP) is 1.70. The molecule has 22 heavy (non-hydrogen) atoms. The minimum Gasteiger partial charge on any atom is -0.229 e. The average Bonchev–Trinajstić information content (AvgIpc) is 2.71. The third-order valence-electron chi connectivity index (χ3n) is 3.92. The molecule has 0 radical (unpaired) electrons. The van der Waals surface area contributed by atoms with Crippen molar-refractivity contribution in [3.8, 4) is 0 Å². The predicted molar refractivity (Wildman–Crippen MR) is 85.9 cm³/mol. The number of rotatable bonds is 3. The average molecular weight is 339 g/mol. The van der Waals surface area contributed by atoms with Crippen molar-refractivity contribution < 1.29 is 16.8 Å². The molecule has 1 aliphatic rings. The normalized spacial score (nSPS) is 24.6. The van der Waals surface area contributed by atoms with E-state index in [1.54, 1.807) is 19.1 Å². The number of benzene rings is 2. The fourth-order valence-corrected chi connectivity index (χ4v) is 6.46. The molecule has 7 heteroatoms. The highest BCUT2D eigenvalue weighted by Gasteiger charge is 2.41. The van der Waals surface area contributed by atoms with Gasteiger partial charge in [-0.1, -0.05) is 30.3 Å². The van der Waals surface area contributed by atoms with Crippen LogP contribution in [0.4, 0.5) is 0 Å². The molecule has 1 unspecified atom stereocenters. The smallest absolute Gasteiger partial charge is 0.229 e. The standard InChI is InChI=1S/C15H17NO4S2/c1-15(8-9-21(17,18)11-15)16-22(19,20)14-7-6-12-4-2-3-5-13(12)10-14/h2-7,10,16H,8-9,11H2,1H3. The first-order chi connectivity index (χ1) is 10.2. The lowest BCUT2D eigenvalue weighted by Gasteiger charge is -2.23. The van der Waals surface area contributed by atoms with Crippen LogP contribution in [0.1, 0.15) is 13.3 Å². The minimum absolute atomic E-state index is 0.0176. The number of hydrogen-bond acceptors (Lipinski definition) is 4. The summed E-state index contributed by atoms with van der Waals surface area (Å²) in [7, 11) is -6.93. The van der Waals surface area contributed by atoms with E-state index in [2.05, 4.69) is 4.72 Å². The van der Waals surface area contributed by atoms with Crippen LogP contribution in [0.2, 0.25) is 0 Å². The Kier molecular flexibility index (Phi) is 3.54. The van der Waals surface area contributed by atoms with Crippen molar-refractivity contribution >= 4 is 30.6 Å². The van der Waals surface area contributed by atoms with Gasteiger partial charge in [-0.05, 0) is 36.2 Å². The maximum atomic E-state index is 12.5. The summed E-state index contributed by atoms with van der Waals surface area (Å²) in [6.45, 7) is 1.64. The highest BCUT2D eigenvalue weighted by atomic mass is 32.2. The molecule has 118 valence electrons. The van der Waals surface area contributed by atoms with Gasteiger partial charge in [0.15, 0.2) is 9.84 Å². The fourth-order valence-electron chi connectivity index (χ4n) is 2.81. The van der Waals surface area contributed by atoms with Gasteiger partial charge in [0.05, 0.1) is 16.4 Å². The van der Waals surface area contributed by atoms with Crippen LogP contribution in [-0.2, 0) is 19.9 Å². The monoisotopic (exact) mass is 339 g/mol. The number of sulfonamides is 1. The molecule has 1 saturated heterocycles. The summed E-state index contributed by atoms with van der Waals surface area (Å²) in [4.78, 5) is 0.150. The Morgan fingerprint density at radius 1 is 1.09 bits per heavy atom. The fraction of sp³-hybridized carbons (Fsp3) is 0.333. The highest BCUT2D eigenvalue weighted by molar-refractivity contribution is 7.92. The molecular formula is C15H17NO4S2. The van der Waals surface area contributed by atoms with Crippen molar-refractivity contribution in [3.63, 3.8) is 0 Å². The zero-order chi connectivity index (χ0) is 16.0. The van der Waals surface area contributed by atoms with Gasteiger partial charge in [-0.15, -0.1) is 0 Å². The molecule has 1 fully saturated rings. The minimum atomic E-state index is -3.76. The third kappa shape index (κ3) is 3.02. The van der Waals surface area contributed by atoms with E-state index in [-0.39, 0.29) is 16.4 Å². The number of sulfone groups is 1. The van der Waals surface area contributed by atoms with E-state index in [9.17, 15) is 16.8 Å². The second-order valence-electron chi connectivity index (χ2n) is 6.02. The van der Waals surface area contributed by atoms with Crippen molar-refractivity contribution in [1.82, 2.24) is 4.72 Å². The van der Waals surface area contributed by atoms with Crippen molar-refractivity contribution in [2.45, 2.75) is 23.8 Å². The molecular weight excluding hydrogens is 322 g/mol. The van der Waals surface area contributed by atoms with Gasteiger partial charge in [0.2, 0.25) is 10.0 Å². The Morgan fingerprint density at radius 2 is 1.77 bits per heavy atom. The second kappa shape index (κ2) is 5.04. The van der Waals surface area contributed by atoms with Crippen LogP contribution < -0.4 is 4.72 Å². The van der Waals surface area contributed by atoms with Crippen molar-refractivity contribution in [3.05, 3.63) is 42.5 Å². The summed E-state index contributed by atoms with van der Waals surface area (Å²) in [5, 5.41) is 1.78. The van der Waals surface area contributed by atoms with Gasteiger partial charge in [0, 0.05) is 5.54 Å². The first kappa shape index (κ1) is 15.5. The molecule has 1 N–H and O–H groups in total. The van der Waals surface area contributed by atoms with Crippen molar-refractivity contribution in [1.29, 1.82) is 0 Å². The zero-order valence-corrected chi connectivity index (χ0v) is 13.7. The van der Waals surface area contributed by atoms with E-state index < -0.39 is 25.4 Å². The van der Waals surface area contributed by atoms with Crippen LogP contribution >= 0.6 is 0 Å². The summed E-state index contributed by atoms with van der Waals surface area (Å²) < 4.78 is 50.9. The molecule has 1 heterocycles. The van der Waals surface area contributed by atoms with Gasteiger partial charge in [-0.3, -0.25) is 0 Å². The largest absolute Gasteiger partial charge is 0.241 e. The van der Waals surface area contributed by atoms with Crippen LogP contribution in [0.25, 0.3) is 10.8 Å². The van der Waals surface area contributed by atoms with Gasteiger partial charge in [-0.2, -0.15) is 0 Å². The van der Waals surface area contributed by atoms with E-state index in [1.807, 2.05) is 24.3 Å². The molecule has 0 saturated carbocycles. The number of nitrogens with one attached hydrogen (secondary N) is 1. The van der Waals surface area contributed by atoms with E-state index in [0.717, 1.165) is 10.8 Å². The van der Waals surface area contributed by atoms with Gasteiger partial charge < -0.3 is 0 Å². The van der Waals surface area contributed by atoms with Crippen molar-refractivity contribution in [2.24, 2.45) is 0 Å². The molecule has 5 nitrogen and oxygen atoms in total.